The number of pyridine rings is 2. The molecule has 0 atom stereocenters. The number of amides is 2. The summed E-state index contributed by atoms with van der Waals surface area (Å²) >= 11 is 0. The fourth-order valence-corrected chi connectivity index (χ4v) is 5.08. The van der Waals surface area contributed by atoms with Crippen LogP contribution in [0.1, 0.15) is 65.5 Å². The third-order valence-corrected chi connectivity index (χ3v) is 7.52. The normalized spacial score (nSPS) is 13.1. The molecule has 5 aromatic rings. The van der Waals surface area contributed by atoms with Gasteiger partial charge in [-0.2, -0.15) is 0 Å². The summed E-state index contributed by atoms with van der Waals surface area (Å²) in [5.74, 6) is -2.52. The van der Waals surface area contributed by atoms with Gasteiger partial charge in [-0.3, -0.25) is 9.59 Å². The molecule has 1 aliphatic carbocycles. The molecule has 6 rings (SSSR count). The lowest BCUT2D eigenvalue weighted by atomic mass is 10.0. The SMILES string of the molecule is CC(C)Oc1cc(CNc2ncccc2C(=O)Nc2ccc(C(C)(F)F)cc2)cc(-c2c[nH]c3ncc(C(=O)NC4CC4)cc23)c1. The first-order chi connectivity index (χ1) is 22.0. The molecular weight excluding hydrogens is 590 g/mol. The van der Waals surface area contributed by atoms with E-state index < -0.39 is 11.8 Å². The minimum atomic E-state index is -2.97. The van der Waals surface area contributed by atoms with Crippen molar-refractivity contribution in [1.82, 2.24) is 20.3 Å². The number of alkyl halides is 2. The first kappa shape index (κ1) is 30.7. The molecule has 1 aliphatic rings. The van der Waals surface area contributed by atoms with Gasteiger partial charge in [-0.25, -0.2) is 18.7 Å². The zero-order valence-corrected chi connectivity index (χ0v) is 25.7. The summed E-state index contributed by atoms with van der Waals surface area (Å²) in [5, 5.41) is 9.84. The van der Waals surface area contributed by atoms with Gasteiger partial charge in [0.1, 0.15) is 17.2 Å². The van der Waals surface area contributed by atoms with Gasteiger partial charge in [0.2, 0.25) is 0 Å². The van der Waals surface area contributed by atoms with Crippen molar-refractivity contribution >= 4 is 34.4 Å². The van der Waals surface area contributed by atoms with E-state index in [1.54, 1.807) is 24.5 Å². The standard InChI is InChI=1S/C35H34F2N6O3/c1-20(2)46-27-14-21(13-22(15-27)30-19-41-32-29(30)16-23(18-40-32)33(44)42-26-10-11-26)17-39-31-28(5-4-12-38-31)34(45)43-25-8-6-24(7-9-25)35(3,36)37/h4-9,12-16,18-20,26H,10-11,17H2,1-3H3,(H,38,39)(H,40,41)(H,42,44)(H,43,45). The highest BCUT2D eigenvalue weighted by Gasteiger charge is 2.25. The lowest BCUT2D eigenvalue weighted by Gasteiger charge is -2.15. The zero-order valence-electron chi connectivity index (χ0n) is 25.7. The van der Waals surface area contributed by atoms with Crippen LogP contribution in [0.2, 0.25) is 0 Å². The second-order valence-electron chi connectivity index (χ2n) is 11.8. The molecule has 0 radical (unpaired) electrons. The molecule has 1 saturated carbocycles. The number of H-pyrrole nitrogens is 1. The molecule has 0 aliphatic heterocycles. The number of hydrogen-bond acceptors (Lipinski definition) is 6. The van der Waals surface area contributed by atoms with Gasteiger partial charge in [-0.15, -0.1) is 0 Å². The Balaban J connectivity index is 1.24. The molecule has 0 unspecified atom stereocenters. The fraction of sp³-hybridized carbons (Fsp3) is 0.257. The zero-order chi connectivity index (χ0) is 32.4. The molecule has 9 nitrogen and oxygen atoms in total. The fourth-order valence-electron chi connectivity index (χ4n) is 5.08. The van der Waals surface area contributed by atoms with Crippen molar-refractivity contribution in [2.24, 2.45) is 0 Å². The molecule has 236 valence electrons. The number of ether oxygens (including phenoxy) is 1. The molecule has 0 spiro atoms. The molecular formula is C35H34F2N6O3. The highest BCUT2D eigenvalue weighted by Crippen LogP contribution is 2.33. The quantitative estimate of drug-likeness (QED) is 0.123. The number of benzene rings is 2. The first-order valence-electron chi connectivity index (χ1n) is 15.1. The summed E-state index contributed by atoms with van der Waals surface area (Å²) in [6, 6.07) is 16.7. The van der Waals surface area contributed by atoms with Crippen molar-refractivity contribution in [3.05, 3.63) is 102 Å². The van der Waals surface area contributed by atoms with Crippen LogP contribution in [0.4, 0.5) is 20.3 Å². The Morgan fingerprint density at radius 1 is 1.04 bits per heavy atom. The molecule has 0 saturated heterocycles. The van der Waals surface area contributed by atoms with Crippen LogP contribution in [0.5, 0.6) is 5.75 Å². The Bertz CT molecular complexity index is 1900. The molecule has 3 aromatic heterocycles. The minimum Gasteiger partial charge on any atom is -0.491 e. The second kappa shape index (κ2) is 12.6. The van der Waals surface area contributed by atoms with Gasteiger partial charge in [0.15, 0.2) is 0 Å². The van der Waals surface area contributed by atoms with Gasteiger partial charge < -0.3 is 25.7 Å². The third-order valence-electron chi connectivity index (χ3n) is 7.52. The van der Waals surface area contributed by atoms with Crippen molar-refractivity contribution in [1.29, 1.82) is 0 Å². The van der Waals surface area contributed by atoms with Gasteiger partial charge >= 0.3 is 0 Å². The molecule has 2 aromatic carbocycles. The summed E-state index contributed by atoms with van der Waals surface area (Å²) in [6.45, 7) is 5.04. The van der Waals surface area contributed by atoms with Crippen molar-refractivity contribution in [2.45, 2.75) is 58.2 Å². The van der Waals surface area contributed by atoms with E-state index in [2.05, 4.69) is 30.9 Å². The number of nitrogens with one attached hydrogen (secondary N) is 4. The number of nitrogens with zero attached hydrogens (tertiary/aromatic N) is 2. The lowest BCUT2D eigenvalue weighted by Crippen LogP contribution is -2.25. The third kappa shape index (κ3) is 7.14. The number of aromatic nitrogens is 3. The molecule has 46 heavy (non-hydrogen) atoms. The molecule has 1 fully saturated rings. The van der Waals surface area contributed by atoms with Crippen LogP contribution in [0, 0.1) is 0 Å². The Kier molecular flexibility index (Phi) is 8.40. The highest BCUT2D eigenvalue weighted by atomic mass is 19.3. The summed E-state index contributed by atoms with van der Waals surface area (Å²) in [4.78, 5) is 38.0. The van der Waals surface area contributed by atoms with E-state index >= 15 is 0 Å². The maximum absolute atomic E-state index is 13.6. The van der Waals surface area contributed by atoms with Crippen molar-refractivity contribution < 1.29 is 23.1 Å². The minimum absolute atomic E-state index is 0.0675. The summed E-state index contributed by atoms with van der Waals surface area (Å²) in [7, 11) is 0. The van der Waals surface area contributed by atoms with Crippen LogP contribution in [0.3, 0.4) is 0 Å². The van der Waals surface area contributed by atoms with Crippen LogP contribution in [0.15, 0.2) is 79.3 Å². The first-order valence-corrected chi connectivity index (χ1v) is 15.1. The number of rotatable bonds is 11. The molecule has 11 heteroatoms. The van der Waals surface area contributed by atoms with Crippen LogP contribution < -0.4 is 20.7 Å². The van der Waals surface area contributed by atoms with Crippen LogP contribution in [0.25, 0.3) is 22.2 Å². The summed E-state index contributed by atoms with van der Waals surface area (Å²) in [5.41, 5.74) is 4.30. The highest BCUT2D eigenvalue weighted by molar-refractivity contribution is 6.07. The Labute approximate surface area is 264 Å². The van der Waals surface area contributed by atoms with E-state index in [1.807, 2.05) is 44.3 Å². The van der Waals surface area contributed by atoms with E-state index in [1.165, 1.54) is 24.3 Å². The van der Waals surface area contributed by atoms with E-state index in [-0.39, 0.29) is 23.6 Å². The lowest BCUT2D eigenvalue weighted by molar-refractivity contribution is 0.0175. The van der Waals surface area contributed by atoms with Crippen molar-refractivity contribution in [3.63, 3.8) is 0 Å². The number of aromatic amines is 1. The number of carbonyl (C=O) groups is 2. The molecule has 0 bridgehead atoms. The number of carbonyl (C=O) groups excluding carboxylic acids is 2. The predicted molar refractivity (Wildman–Crippen MR) is 173 cm³/mol. The van der Waals surface area contributed by atoms with Crippen molar-refractivity contribution in [3.8, 4) is 16.9 Å². The van der Waals surface area contributed by atoms with Crippen LogP contribution in [-0.4, -0.2) is 38.9 Å². The van der Waals surface area contributed by atoms with Gasteiger partial charge in [0.05, 0.1) is 17.2 Å². The number of halogens is 2. The van der Waals surface area contributed by atoms with Crippen LogP contribution >= 0.6 is 0 Å². The Morgan fingerprint density at radius 3 is 2.54 bits per heavy atom. The topological polar surface area (TPSA) is 121 Å². The van der Waals surface area contributed by atoms with Gasteiger partial charge in [0.25, 0.3) is 17.7 Å². The number of fused-ring (bicyclic) bond motifs is 1. The summed E-state index contributed by atoms with van der Waals surface area (Å²) < 4.78 is 33.3. The van der Waals surface area contributed by atoms with Crippen LogP contribution in [-0.2, 0) is 12.5 Å². The van der Waals surface area contributed by atoms with Gasteiger partial charge in [-0.05, 0) is 86.3 Å². The second-order valence-corrected chi connectivity index (χ2v) is 11.8. The Morgan fingerprint density at radius 2 is 1.83 bits per heavy atom. The number of hydrogen-bond donors (Lipinski definition) is 4. The van der Waals surface area contributed by atoms with E-state index in [0.29, 0.717) is 40.6 Å². The smallest absolute Gasteiger partial charge is 0.270 e. The summed E-state index contributed by atoms with van der Waals surface area (Å²) in [6.07, 6.45) is 6.95. The molecule has 3 heterocycles. The van der Waals surface area contributed by atoms with E-state index in [9.17, 15) is 18.4 Å². The number of anilines is 2. The average Bonchev–Trinajstić information content (AvgIpc) is 3.74. The van der Waals surface area contributed by atoms with Crippen molar-refractivity contribution in [2.75, 3.05) is 10.6 Å². The van der Waals surface area contributed by atoms with E-state index in [4.69, 9.17) is 4.74 Å². The Hall–Kier alpha value is -5.32. The maximum atomic E-state index is 13.6. The molecule has 2 amide bonds. The predicted octanol–water partition coefficient (Wildman–Crippen LogP) is 7.28. The van der Waals surface area contributed by atoms with E-state index in [0.717, 1.165) is 41.8 Å². The molecule has 4 N–H and O–H groups in total. The van der Waals surface area contributed by atoms with Gasteiger partial charge in [0, 0.05) is 60.3 Å². The maximum Gasteiger partial charge on any atom is 0.270 e. The monoisotopic (exact) mass is 624 g/mol. The van der Waals surface area contributed by atoms with Gasteiger partial charge in [-0.1, -0.05) is 12.1 Å². The average molecular weight is 625 g/mol. The largest absolute Gasteiger partial charge is 0.491 e.